The summed E-state index contributed by atoms with van der Waals surface area (Å²) in [5.41, 5.74) is 5.99. The number of benzene rings is 2. The Morgan fingerprint density at radius 1 is 0.779 bits per heavy atom. The van der Waals surface area contributed by atoms with Crippen molar-refractivity contribution in [1.82, 2.24) is 44.9 Å². The Bertz CT molecular complexity index is 2910. The van der Waals surface area contributed by atoms with Gasteiger partial charge in [-0.15, -0.1) is 11.3 Å². The van der Waals surface area contributed by atoms with Crippen LogP contribution < -0.4 is 15.4 Å². The van der Waals surface area contributed by atoms with Crippen molar-refractivity contribution in [3.63, 3.8) is 0 Å². The van der Waals surface area contributed by atoms with Crippen molar-refractivity contribution >= 4 is 46.2 Å². The number of ether oxygens (including phenoxy) is 3. The quantitative estimate of drug-likeness (QED) is 0.0927. The molecule has 356 valence electrons. The third-order valence-electron chi connectivity index (χ3n) is 13.9. The number of nitrogens with zero attached hydrogens (tertiary/aromatic N) is 5. The molecule has 4 aromatic heterocycles. The highest BCUT2D eigenvalue weighted by Gasteiger charge is 2.40. The highest BCUT2D eigenvalue weighted by Crippen LogP contribution is 2.50. The van der Waals surface area contributed by atoms with E-state index in [1.165, 1.54) is 25.8 Å². The summed E-state index contributed by atoms with van der Waals surface area (Å²) in [5, 5.41) is 8.49. The zero-order valence-corrected chi connectivity index (χ0v) is 39.7. The SMILES string of the molecule is COC(=O)N[C@H](C(=O)N1CCC[C@H]1c1ncc(-c2cc(F)c3c(c2)OC(c2cc(C4CC4)cs2)n2c-3cc3cc(-c4cnc([C@@H]5CCCN5C(=O)[C@@H](NC(=O)OC)C(C)C)[nH]4)ccc32)[nH]1)C(C)C. The smallest absolute Gasteiger partial charge is 0.407 e. The van der Waals surface area contributed by atoms with Crippen molar-refractivity contribution in [2.45, 2.75) is 103 Å². The Hall–Kier alpha value is -6.69. The number of thiophene rings is 1. The van der Waals surface area contributed by atoms with Crippen LogP contribution in [0.1, 0.15) is 113 Å². The Balaban J connectivity index is 0.963. The molecule has 10 rings (SSSR count). The molecule has 3 aliphatic heterocycles. The normalized spacial score (nSPS) is 19.8. The fraction of sp³-hybridized carbons (Fsp3) is 0.440. The number of rotatable bonds is 12. The lowest BCUT2D eigenvalue weighted by Crippen LogP contribution is -2.51. The van der Waals surface area contributed by atoms with Gasteiger partial charge in [-0.3, -0.25) is 14.2 Å². The first-order valence-corrected chi connectivity index (χ1v) is 24.3. The monoisotopic (exact) mass is 945 g/mol. The third-order valence-corrected chi connectivity index (χ3v) is 14.8. The summed E-state index contributed by atoms with van der Waals surface area (Å²) in [7, 11) is 2.55. The van der Waals surface area contributed by atoms with Crippen LogP contribution in [0.25, 0.3) is 44.7 Å². The number of likely N-dealkylation sites (tertiary alicyclic amines) is 2. The van der Waals surface area contributed by atoms with Crippen molar-refractivity contribution in [3.8, 4) is 39.5 Å². The molecule has 2 aromatic carbocycles. The van der Waals surface area contributed by atoms with Gasteiger partial charge in [0.25, 0.3) is 0 Å². The Morgan fingerprint density at radius 2 is 1.37 bits per heavy atom. The molecule has 0 radical (unpaired) electrons. The first kappa shape index (κ1) is 45.1. The van der Waals surface area contributed by atoms with Crippen LogP contribution in [-0.4, -0.2) is 97.7 Å². The second-order valence-electron chi connectivity index (χ2n) is 19.0. The van der Waals surface area contributed by atoms with Crippen LogP contribution in [0.5, 0.6) is 5.75 Å². The highest BCUT2D eigenvalue weighted by molar-refractivity contribution is 7.10. The zero-order chi connectivity index (χ0) is 47.5. The molecule has 5 atom stereocenters. The Kier molecular flexibility index (Phi) is 12.0. The van der Waals surface area contributed by atoms with Crippen LogP contribution in [0.15, 0.2) is 60.2 Å². The lowest BCUT2D eigenvalue weighted by molar-refractivity contribution is -0.136. The second-order valence-corrected chi connectivity index (χ2v) is 19.9. The zero-order valence-electron chi connectivity index (χ0n) is 38.9. The molecule has 2 saturated heterocycles. The van der Waals surface area contributed by atoms with E-state index in [2.05, 4.69) is 42.7 Å². The van der Waals surface area contributed by atoms with Crippen molar-refractivity contribution in [2.75, 3.05) is 27.3 Å². The Morgan fingerprint density at radius 3 is 1.93 bits per heavy atom. The molecule has 4 aliphatic rings. The lowest BCUT2D eigenvalue weighted by atomic mass is 10.0. The number of fused-ring (bicyclic) bond motifs is 5. The van der Waals surface area contributed by atoms with E-state index >= 15 is 4.39 Å². The maximum absolute atomic E-state index is 16.9. The molecule has 1 aliphatic carbocycles. The van der Waals surface area contributed by atoms with Gasteiger partial charge in [-0.2, -0.15) is 0 Å². The number of aromatic amines is 2. The number of hydrogen-bond donors (Lipinski definition) is 4. The highest BCUT2D eigenvalue weighted by atomic mass is 32.1. The molecule has 0 bridgehead atoms. The summed E-state index contributed by atoms with van der Waals surface area (Å²) in [5.74, 6) is 1.03. The van der Waals surface area contributed by atoms with Crippen LogP contribution in [0.3, 0.4) is 0 Å². The number of halogens is 1. The first-order valence-electron chi connectivity index (χ1n) is 23.5. The summed E-state index contributed by atoms with van der Waals surface area (Å²) in [6, 6.07) is 11.6. The molecule has 4 amide bonds. The van der Waals surface area contributed by atoms with Gasteiger partial charge in [0.05, 0.1) is 71.7 Å². The minimum Gasteiger partial charge on any atom is -0.464 e. The minimum absolute atomic E-state index is 0.149. The summed E-state index contributed by atoms with van der Waals surface area (Å²) < 4.78 is 35.5. The van der Waals surface area contributed by atoms with Crippen LogP contribution in [0.2, 0.25) is 0 Å². The molecule has 4 N–H and O–H groups in total. The summed E-state index contributed by atoms with van der Waals surface area (Å²) in [6.07, 6.45) is 6.86. The first-order chi connectivity index (χ1) is 32.8. The number of alkyl carbamates (subject to hydrolysis) is 2. The predicted molar refractivity (Wildman–Crippen MR) is 253 cm³/mol. The van der Waals surface area contributed by atoms with E-state index in [0.717, 1.165) is 59.1 Å². The van der Waals surface area contributed by atoms with Crippen LogP contribution in [0, 0.1) is 17.7 Å². The number of hydrogen-bond acceptors (Lipinski definition) is 10. The number of carbonyl (C=O) groups is 4. The fourth-order valence-electron chi connectivity index (χ4n) is 10.1. The molecule has 7 heterocycles. The number of methoxy groups -OCH3 is 2. The van der Waals surface area contributed by atoms with E-state index in [1.54, 1.807) is 33.5 Å². The van der Waals surface area contributed by atoms with Gasteiger partial charge >= 0.3 is 12.2 Å². The molecule has 3 fully saturated rings. The van der Waals surface area contributed by atoms with Crippen LogP contribution in [-0.2, 0) is 19.1 Å². The maximum Gasteiger partial charge on any atom is 0.407 e. The summed E-state index contributed by atoms with van der Waals surface area (Å²) in [6.45, 7) is 8.59. The molecular weight excluding hydrogens is 890 g/mol. The molecule has 1 saturated carbocycles. The number of amides is 4. The average molecular weight is 946 g/mol. The van der Waals surface area contributed by atoms with E-state index in [0.29, 0.717) is 65.3 Å². The number of carbonyl (C=O) groups excluding carboxylic acids is 4. The maximum atomic E-state index is 16.9. The lowest BCUT2D eigenvalue weighted by Gasteiger charge is -2.30. The summed E-state index contributed by atoms with van der Waals surface area (Å²) in [4.78, 5) is 72.8. The van der Waals surface area contributed by atoms with Gasteiger partial charge in [-0.25, -0.2) is 23.9 Å². The summed E-state index contributed by atoms with van der Waals surface area (Å²) >= 11 is 1.65. The van der Waals surface area contributed by atoms with Crippen LogP contribution in [0.4, 0.5) is 14.0 Å². The standard InChI is InChI=1S/C50H56FN9O7S/c1-25(2)42(56-49(63)65-5)46(61)58-15-7-9-36(58)44-52-22-33(54-44)28-13-14-35-30(17-28)19-38-41-32(51)18-29(20-39(41)67-48(60(35)38)40-21-31(24-68-40)27-11-12-27)34-23-53-45(55-34)37-10-8-16-59(37)47(62)43(26(3)4)57-50(64)66-6/h13-14,17-27,36-37,42-43,48H,7-12,15-16H2,1-6H3,(H,52,54)(H,53,55)(H,56,63)(H,57,64)/t36-,37-,42-,43-,48?/m0/s1. The van der Waals surface area contributed by atoms with E-state index in [9.17, 15) is 19.2 Å². The van der Waals surface area contributed by atoms with Gasteiger partial charge in [-0.05, 0) is 104 Å². The van der Waals surface area contributed by atoms with Crippen LogP contribution >= 0.6 is 11.3 Å². The number of nitrogens with one attached hydrogen (secondary N) is 4. The van der Waals surface area contributed by atoms with E-state index in [1.807, 2.05) is 52.0 Å². The van der Waals surface area contributed by atoms with Gasteiger partial charge in [-0.1, -0.05) is 33.8 Å². The van der Waals surface area contributed by atoms with Gasteiger partial charge in [0.2, 0.25) is 18.0 Å². The second kappa shape index (κ2) is 18.1. The van der Waals surface area contributed by atoms with Crippen molar-refractivity contribution in [3.05, 3.63) is 88.1 Å². The van der Waals surface area contributed by atoms with Crippen molar-refractivity contribution in [1.29, 1.82) is 0 Å². The molecule has 1 unspecified atom stereocenters. The molecule has 0 spiro atoms. The predicted octanol–water partition coefficient (Wildman–Crippen LogP) is 9.19. The minimum atomic E-state index is -0.768. The molecule has 16 nitrogen and oxygen atoms in total. The van der Waals surface area contributed by atoms with E-state index in [-0.39, 0.29) is 35.7 Å². The third kappa shape index (κ3) is 8.25. The van der Waals surface area contributed by atoms with Gasteiger partial charge < -0.3 is 44.6 Å². The van der Waals surface area contributed by atoms with E-state index < -0.39 is 36.3 Å². The molecular formula is C50H56FN9O7S. The fourth-order valence-corrected chi connectivity index (χ4v) is 11.1. The molecule has 6 aromatic rings. The topological polar surface area (TPSA) is 189 Å². The Labute approximate surface area is 396 Å². The van der Waals surface area contributed by atoms with Gasteiger partial charge in [0, 0.05) is 29.6 Å². The largest absolute Gasteiger partial charge is 0.464 e. The molecule has 18 heteroatoms. The van der Waals surface area contributed by atoms with Gasteiger partial charge in [0.15, 0.2) is 0 Å². The van der Waals surface area contributed by atoms with E-state index in [4.69, 9.17) is 24.2 Å². The number of H-pyrrole nitrogens is 2. The molecule has 68 heavy (non-hydrogen) atoms. The van der Waals surface area contributed by atoms with Gasteiger partial charge in [0.1, 0.15) is 35.3 Å². The number of imidazole rings is 2. The average Bonchev–Trinajstić information content (AvgIpc) is 4.05. The number of aromatic nitrogens is 5. The van der Waals surface area contributed by atoms with Crippen molar-refractivity contribution < 1.29 is 37.8 Å². The van der Waals surface area contributed by atoms with Crippen molar-refractivity contribution in [2.24, 2.45) is 11.8 Å².